The Labute approximate surface area is 225 Å². The van der Waals surface area contributed by atoms with Gasteiger partial charge >= 0.3 is 6.18 Å². The molecule has 12 heteroatoms. The lowest BCUT2D eigenvalue weighted by atomic mass is 9.83. The number of piperazine rings is 1. The molecular formula is C27H36F4N4O4. The normalized spacial score (nSPS) is 28.8. The first-order valence-electron chi connectivity index (χ1n) is 13.8. The van der Waals surface area contributed by atoms with Crippen molar-refractivity contribution >= 4 is 11.8 Å². The Morgan fingerprint density at radius 3 is 2.64 bits per heavy atom. The number of amides is 2. The van der Waals surface area contributed by atoms with Crippen molar-refractivity contribution in [2.75, 3.05) is 32.8 Å². The van der Waals surface area contributed by atoms with Crippen LogP contribution in [-0.2, 0) is 14.3 Å². The summed E-state index contributed by atoms with van der Waals surface area (Å²) in [6.45, 7) is -0.417. The Kier molecular flexibility index (Phi) is 8.34. The van der Waals surface area contributed by atoms with Crippen molar-refractivity contribution < 1.29 is 36.6 Å². The number of nitrogens with one attached hydrogen (secondary N) is 1. The van der Waals surface area contributed by atoms with E-state index in [2.05, 4.69) is 5.32 Å². The third kappa shape index (κ3) is 6.49. The maximum absolute atomic E-state index is 13.7. The van der Waals surface area contributed by atoms with E-state index < -0.39 is 42.8 Å². The van der Waals surface area contributed by atoms with Gasteiger partial charge in [0.1, 0.15) is 24.2 Å². The second-order valence-electron chi connectivity index (χ2n) is 11.2. The Morgan fingerprint density at radius 2 is 1.90 bits per heavy atom. The van der Waals surface area contributed by atoms with Crippen LogP contribution >= 0.6 is 0 Å². The molecule has 39 heavy (non-hydrogen) atoms. The molecule has 1 aromatic carbocycles. The van der Waals surface area contributed by atoms with Gasteiger partial charge in [0, 0.05) is 43.7 Å². The van der Waals surface area contributed by atoms with Crippen LogP contribution in [0.2, 0.25) is 0 Å². The molecule has 216 valence electrons. The van der Waals surface area contributed by atoms with E-state index in [1.54, 1.807) is 6.07 Å². The number of nitrogens with zero attached hydrogens (tertiary/aromatic N) is 2. The molecule has 3 N–H and O–H groups in total. The number of rotatable bonds is 6. The number of carbonyl (C=O) groups is 2. The largest absolute Gasteiger partial charge is 0.493 e. The molecule has 0 bridgehead atoms. The number of alkyl halides is 3. The van der Waals surface area contributed by atoms with E-state index in [0.717, 1.165) is 32.1 Å². The molecule has 0 spiro atoms. The second kappa shape index (κ2) is 11.6. The van der Waals surface area contributed by atoms with E-state index >= 15 is 0 Å². The van der Waals surface area contributed by atoms with Gasteiger partial charge in [-0.3, -0.25) is 14.5 Å². The molecule has 3 fully saturated rings. The van der Waals surface area contributed by atoms with Gasteiger partial charge in [0.05, 0.1) is 24.8 Å². The van der Waals surface area contributed by atoms with Crippen molar-refractivity contribution in [3.8, 4) is 5.75 Å². The zero-order valence-electron chi connectivity index (χ0n) is 21.8. The van der Waals surface area contributed by atoms with E-state index in [0.29, 0.717) is 30.8 Å². The molecule has 0 radical (unpaired) electrons. The fourth-order valence-electron chi connectivity index (χ4n) is 6.49. The highest BCUT2D eigenvalue weighted by Crippen LogP contribution is 2.34. The monoisotopic (exact) mass is 556 g/mol. The Balaban J connectivity index is 1.33. The van der Waals surface area contributed by atoms with Gasteiger partial charge in [0.25, 0.3) is 0 Å². The van der Waals surface area contributed by atoms with Gasteiger partial charge in [-0.2, -0.15) is 13.2 Å². The van der Waals surface area contributed by atoms with Crippen LogP contribution in [0.4, 0.5) is 17.6 Å². The van der Waals surface area contributed by atoms with Gasteiger partial charge in [-0.1, -0.05) is 25.3 Å². The van der Waals surface area contributed by atoms with Gasteiger partial charge in [0.15, 0.2) is 0 Å². The average molecular weight is 557 g/mol. The summed E-state index contributed by atoms with van der Waals surface area (Å²) in [4.78, 5) is 30.9. The summed E-state index contributed by atoms with van der Waals surface area (Å²) >= 11 is 0. The maximum atomic E-state index is 13.7. The Hall–Kier alpha value is -2.44. The highest BCUT2D eigenvalue weighted by atomic mass is 19.4. The molecule has 5 atom stereocenters. The minimum Gasteiger partial charge on any atom is -0.493 e. The molecule has 0 aromatic heterocycles. The zero-order valence-corrected chi connectivity index (χ0v) is 21.8. The molecule has 4 aliphatic rings. The van der Waals surface area contributed by atoms with Crippen LogP contribution in [0, 0.1) is 11.7 Å². The van der Waals surface area contributed by atoms with Crippen LogP contribution in [0.5, 0.6) is 5.75 Å². The number of hydrogen-bond acceptors (Lipinski definition) is 6. The standard InChI is InChI=1S/C27H36F4N4O4/c28-17-6-7-20-21(8-9-38-23(20)10-17)33-25(36)22-14-34-13-19(39-15-27(29,30)31)11-18(34)12-35(22)26(37)24(32)16-4-2-1-3-5-16/h6-7,10,16,18-19,21-22,24H,1-5,8-9,11-15,32H2,(H,33,36)/t18-,19-,21-,22+,24+/m1/s1. The fourth-order valence-corrected chi connectivity index (χ4v) is 6.49. The van der Waals surface area contributed by atoms with Crippen molar-refractivity contribution in [3.63, 3.8) is 0 Å². The highest BCUT2D eigenvalue weighted by molar-refractivity contribution is 5.90. The molecule has 3 aliphatic heterocycles. The van der Waals surface area contributed by atoms with E-state index in [-0.39, 0.29) is 43.4 Å². The van der Waals surface area contributed by atoms with Crippen LogP contribution < -0.4 is 15.8 Å². The molecule has 1 aromatic rings. The minimum atomic E-state index is -4.43. The van der Waals surface area contributed by atoms with E-state index in [4.69, 9.17) is 15.2 Å². The Bertz CT molecular complexity index is 1050. The van der Waals surface area contributed by atoms with Crippen molar-refractivity contribution in [2.24, 2.45) is 11.7 Å². The van der Waals surface area contributed by atoms with Gasteiger partial charge in [-0.15, -0.1) is 0 Å². The predicted molar refractivity (Wildman–Crippen MR) is 133 cm³/mol. The summed E-state index contributed by atoms with van der Waals surface area (Å²) in [6, 6.07) is 1.92. The number of benzene rings is 1. The van der Waals surface area contributed by atoms with E-state index in [1.165, 1.54) is 17.0 Å². The third-order valence-corrected chi connectivity index (χ3v) is 8.52. The lowest BCUT2D eigenvalue weighted by molar-refractivity contribution is -0.183. The van der Waals surface area contributed by atoms with E-state index in [1.807, 2.05) is 4.90 Å². The molecule has 0 unspecified atom stereocenters. The number of nitrogens with two attached hydrogens (primary N) is 1. The molecule has 1 aliphatic carbocycles. The molecule has 8 nitrogen and oxygen atoms in total. The van der Waals surface area contributed by atoms with Crippen LogP contribution in [0.1, 0.15) is 56.6 Å². The summed E-state index contributed by atoms with van der Waals surface area (Å²) in [5.74, 6) is -0.706. The number of carbonyl (C=O) groups excluding carboxylic acids is 2. The fraction of sp³-hybridized carbons (Fsp3) is 0.704. The highest BCUT2D eigenvalue weighted by Gasteiger charge is 2.47. The zero-order chi connectivity index (χ0) is 27.7. The number of fused-ring (bicyclic) bond motifs is 2. The Morgan fingerprint density at radius 1 is 1.13 bits per heavy atom. The van der Waals surface area contributed by atoms with Crippen molar-refractivity contribution in [2.45, 2.75) is 81.4 Å². The van der Waals surface area contributed by atoms with Crippen LogP contribution in [0.15, 0.2) is 18.2 Å². The number of ether oxygens (including phenoxy) is 2. The molecule has 1 saturated carbocycles. The van der Waals surface area contributed by atoms with Gasteiger partial charge in [-0.05, 0) is 31.2 Å². The van der Waals surface area contributed by atoms with Crippen LogP contribution in [-0.4, -0.2) is 84.9 Å². The second-order valence-corrected chi connectivity index (χ2v) is 11.2. The van der Waals surface area contributed by atoms with Gasteiger partial charge < -0.3 is 25.4 Å². The van der Waals surface area contributed by atoms with E-state index in [9.17, 15) is 27.2 Å². The third-order valence-electron chi connectivity index (χ3n) is 8.52. The topological polar surface area (TPSA) is 97.1 Å². The molecule has 2 saturated heterocycles. The molecule has 3 heterocycles. The van der Waals surface area contributed by atoms with Crippen molar-refractivity contribution in [1.82, 2.24) is 15.1 Å². The van der Waals surface area contributed by atoms with Crippen LogP contribution in [0.3, 0.4) is 0 Å². The first kappa shape index (κ1) is 28.1. The van der Waals surface area contributed by atoms with Gasteiger partial charge in [0.2, 0.25) is 11.8 Å². The van der Waals surface area contributed by atoms with Crippen molar-refractivity contribution in [1.29, 1.82) is 0 Å². The lowest BCUT2D eigenvalue weighted by Crippen LogP contribution is -2.65. The molecule has 2 amide bonds. The lowest BCUT2D eigenvalue weighted by Gasteiger charge is -2.44. The SMILES string of the molecule is N[C@H](C(=O)N1C[C@H]2C[C@@H](OCC(F)(F)F)CN2C[C@H]1C(=O)N[C@@H]1CCOc2cc(F)ccc21)C1CCCCC1. The smallest absolute Gasteiger partial charge is 0.411 e. The van der Waals surface area contributed by atoms with Crippen LogP contribution in [0.25, 0.3) is 0 Å². The number of hydrogen-bond donors (Lipinski definition) is 2. The number of halogens is 4. The summed E-state index contributed by atoms with van der Waals surface area (Å²) in [5.41, 5.74) is 7.12. The first-order valence-corrected chi connectivity index (χ1v) is 13.8. The first-order chi connectivity index (χ1) is 18.6. The predicted octanol–water partition coefficient (Wildman–Crippen LogP) is 2.91. The minimum absolute atomic E-state index is 0.0386. The average Bonchev–Trinajstić information content (AvgIpc) is 3.32. The summed E-state index contributed by atoms with van der Waals surface area (Å²) < 4.78 is 62.6. The maximum Gasteiger partial charge on any atom is 0.411 e. The molecule has 5 rings (SSSR count). The summed E-state index contributed by atoms with van der Waals surface area (Å²) in [7, 11) is 0. The summed E-state index contributed by atoms with van der Waals surface area (Å²) in [6.07, 6.45) is 0.591. The van der Waals surface area contributed by atoms with Crippen molar-refractivity contribution in [3.05, 3.63) is 29.6 Å². The summed E-state index contributed by atoms with van der Waals surface area (Å²) in [5, 5.41) is 3.02. The van der Waals surface area contributed by atoms with Gasteiger partial charge in [-0.25, -0.2) is 4.39 Å². The quantitative estimate of drug-likeness (QED) is 0.524. The molecular weight excluding hydrogens is 520 g/mol.